The lowest BCUT2D eigenvalue weighted by Gasteiger charge is -2.21. The lowest BCUT2D eigenvalue weighted by atomic mass is 10.2. The van der Waals surface area contributed by atoms with Crippen LogP contribution >= 0.6 is 0 Å². The van der Waals surface area contributed by atoms with Gasteiger partial charge in [-0.2, -0.15) is 0 Å². The molecule has 1 aliphatic heterocycles. The number of carboxylic acids is 1. The minimum absolute atomic E-state index is 0.294. The van der Waals surface area contributed by atoms with Crippen LogP contribution in [0.15, 0.2) is 6.20 Å². The van der Waals surface area contributed by atoms with E-state index in [0.29, 0.717) is 36.5 Å². The predicted octanol–water partition coefficient (Wildman–Crippen LogP) is 0.783. The van der Waals surface area contributed by atoms with Crippen molar-refractivity contribution < 1.29 is 14.7 Å². The molecule has 2 heterocycles. The molecule has 2 rings (SSSR count). The molecule has 0 bridgehead atoms. The molecule has 1 aromatic rings. The topological polar surface area (TPSA) is 83.4 Å². The van der Waals surface area contributed by atoms with Gasteiger partial charge in [-0.3, -0.25) is 4.79 Å². The van der Waals surface area contributed by atoms with Gasteiger partial charge in [-0.15, -0.1) is 0 Å². The van der Waals surface area contributed by atoms with E-state index in [-0.39, 0.29) is 5.91 Å². The van der Waals surface area contributed by atoms with Gasteiger partial charge in [0.15, 0.2) is 0 Å². The summed E-state index contributed by atoms with van der Waals surface area (Å²) < 4.78 is 0. The zero-order valence-electron chi connectivity index (χ0n) is 10.4. The molecule has 1 fully saturated rings. The molecular weight excluding hydrogens is 234 g/mol. The van der Waals surface area contributed by atoms with E-state index in [1.807, 2.05) is 0 Å². The third kappa shape index (κ3) is 2.18. The molecule has 1 atom stereocenters. The summed E-state index contributed by atoms with van der Waals surface area (Å²) in [4.78, 5) is 32.9. The van der Waals surface area contributed by atoms with Crippen molar-refractivity contribution in [3.63, 3.8) is 0 Å². The maximum absolute atomic E-state index is 12.3. The fourth-order valence-corrected chi connectivity index (χ4v) is 2.21. The summed E-state index contributed by atoms with van der Waals surface area (Å²) in [5, 5.41) is 9.07. The first-order valence-electron chi connectivity index (χ1n) is 5.84. The van der Waals surface area contributed by atoms with Gasteiger partial charge < -0.3 is 10.0 Å². The second kappa shape index (κ2) is 4.72. The second-order valence-corrected chi connectivity index (χ2v) is 4.41. The number of rotatable bonds is 2. The Balaban J connectivity index is 2.28. The number of aliphatic carboxylic acids is 1. The molecule has 0 saturated carbocycles. The summed E-state index contributed by atoms with van der Waals surface area (Å²) in [7, 11) is 0. The lowest BCUT2D eigenvalue weighted by molar-refractivity contribution is -0.141. The zero-order chi connectivity index (χ0) is 13.3. The van der Waals surface area contributed by atoms with Gasteiger partial charge in [-0.1, -0.05) is 0 Å². The fourth-order valence-electron chi connectivity index (χ4n) is 2.21. The fraction of sp³-hybridized carbons (Fsp3) is 0.500. The quantitative estimate of drug-likeness (QED) is 0.837. The molecule has 0 unspecified atom stereocenters. The third-order valence-corrected chi connectivity index (χ3v) is 3.13. The number of hydrogen-bond donors (Lipinski definition) is 1. The van der Waals surface area contributed by atoms with Crippen LogP contribution in [-0.4, -0.2) is 44.4 Å². The lowest BCUT2D eigenvalue weighted by Crippen LogP contribution is -2.40. The van der Waals surface area contributed by atoms with Crippen LogP contribution in [0.5, 0.6) is 0 Å². The molecule has 0 aliphatic carbocycles. The van der Waals surface area contributed by atoms with E-state index in [0.717, 1.165) is 0 Å². The number of aromatic nitrogens is 2. The zero-order valence-corrected chi connectivity index (χ0v) is 10.4. The van der Waals surface area contributed by atoms with Crippen molar-refractivity contribution in [1.29, 1.82) is 0 Å². The van der Waals surface area contributed by atoms with Gasteiger partial charge in [0.25, 0.3) is 5.91 Å². The first-order valence-corrected chi connectivity index (χ1v) is 5.84. The van der Waals surface area contributed by atoms with Gasteiger partial charge in [0.2, 0.25) is 0 Å². The molecule has 96 valence electrons. The van der Waals surface area contributed by atoms with E-state index in [4.69, 9.17) is 5.11 Å². The van der Waals surface area contributed by atoms with E-state index in [1.165, 1.54) is 11.1 Å². The molecule has 1 aliphatic rings. The SMILES string of the molecule is Cc1ncc(C(=O)N2CCC[C@@H]2C(=O)O)c(C)n1. The van der Waals surface area contributed by atoms with Gasteiger partial charge in [-0.25, -0.2) is 14.8 Å². The predicted molar refractivity (Wildman–Crippen MR) is 63.2 cm³/mol. The Labute approximate surface area is 105 Å². The summed E-state index contributed by atoms with van der Waals surface area (Å²) in [5.41, 5.74) is 0.970. The highest BCUT2D eigenvalue weighted by molar-refractivity contribution is 5.97. The number of carbonyl (C=O) groups excluding carboxylic acids is 1. The van der Waals surface area contributed by atoms with Crippen molar-refractivity contribution in [3.8, 4) is 0 Å². The van der Waals surface area contributed by atoms with Crippen LogP contribution in [0.4, 0.5) is 0 Å². The molecule has 6 heteroatoms. The molecule has 1 amide bonds. The Bertz CT molecular complexity index is 501. The number of amides is 1. The molecule has 0 radical (unpaired) electrons. The highest BCUT2D eigenvalue weighted by atomic mass is 16.4. The minimum atomic E-state index is -0.952. The van der Waals surface area contributed by atoms with Crippen molar-refractivity contribution in [2.75, 3.05) is 6.54 Å². The van der Waals surface area contributed by atoms with Crippen molar-refractivity contribution >= 4 is 11.9 Å². The van der Waals surface area contributed by atoms with E-state index in [1.54, 1.807) is 13.8 Å². The molecular formula is C12H15N3O3. The molecule has 1 saturated heterocycles. The Morgan fingerprint density at radius 3 is 2.78 bits per heavy atom. The Morgan fingerprint density at radius 1 is 1.44 bits per heavy atom. The highest BCUT2D eigenvalue weighted by Crippen LogP contribution is 2.20. The minimum Gasteiger partial charge on any atom is -0.480 e. The molecule has 0 spiro atoms. The van der Waals surface area contributed by atoms with Gasteiger partial charge in [0, 0.05) is 12.7 Å². The first-order chi connectivity index (χ1) is 8.50. The highest BCUT2D eigenvalue weighted by Gasteiger charge is 2.35. The normalized spacial score (nSPS) is 19.0. The number of likely N-dealkylation sites (tertiary alicyclic amines) is 1. The Hall–Kier alpha value is -1.98. The van der Waals surface area contributed by atoms with Crippen LogP contribution in [0.1, 0.15) is 34.7 Å². The maximum Gasteiger partial charge on any atom is 0.326 e. The third-order valence-electron chi connectivity index (χ3n) is 3.13. The van der Waals surface area contributed by atoms with Crippen molar-refractivity contribution in [1.82, 2.24) is 14.9 Å². The Kier molecular flexibility index (Phi) is 3.27. The molecule has 0 aromatic carbocycles. The van der Waals surface area contributed by atoms with Crippen LogP contribution in [0.25, 0.3) is 0 Å². The van der Waals surface area contributed by atoms with Crippen LogP contribution in [-0.2, 0) is 4.79 Å². The van der Waals surface area contributed by atoms with E-state index < -0.39 is 12.0 Å². The van der Waals surface area contributed by atoms with E-state index in [2.05, 4.69) is 9.97 Å². The maximum atomic E-state index is 12.3. The molecule has 1 aromatic heterocycles. The van der Waals surface area contributed by atoms with E-state index >= 15 is 0 Å². The number of nitrogens with zero attached hydrogens (tertiary/aromatic N) is 3. The number of hydrogen-bond acceptors (Lipinski definition) is 4. The molecule has 6 nitrogen and oxygen atoms in total. The second-order valence-electron chi connectivity index (χ2n) is 4.41. The molecule has 18 heavy (non-hydrogen) atoms. The Morgan fingerprint density at radius 2 is 2.17 bits per heavy atom. The summed E-state index contributed by atoms with van der Waals surface area (Å²) >= 11 is 0. The summed E-state index contributed by atoms with van der Waals surface area (Å²) in [6.07, 6.45) is 2.69. The summed E-state index contributed by atoms with van der Waals surface area (Å²) in [6, 6.07) is -0.724. The van der Waals surface area contributed by atoms with Gasteiger partial charge >= 0.3 is 5.97 Å². The number of carbonyl (C=O) groups is 2. The standard InChI is InChI=1S/C12H15N3O3/c1-7-9(6-13-8(2)14-7)11(16)15-5-3-4-10(15)12(17)18/h6,10H,3-5H2,1-2H3,(H,17,18)/t10-/m1/s1. The summed E-state index contributed by atoms with van der Waals surface area (Å²) in [5.74, 6) is -0.649. The average Bonchev–Trinajstić information content (AvgIpc) is 2.77. The number of carboxylic acid groups (broad SMARTS) is 1. The van der Waals surface area contributed by atoms with Crippen molar-refractivity contribution in [3.05, 3.63) is 23.3 Å². The van der Waals surface area contributed by atoms with Gasteiger partial charge in [0.1, 0.15) is 11.9 Å². The average molecular weight is 249 g/mol. The van der Waals surface area contributed by atoms with Crippen LogP contribution in [0, 0.1) is 13.8 Å². The largest absolute Gasteiger partial charge is 0.480 e. The van der Waals surface area contributed by atoms with Gasteiger partial charge in [-0.05, 0) is 26.7 Å². The van der Waals surface area contributed by atoms with Gasteiger partial charge in [0.05, 0.1) is 11.3 Å². The van der Waals surface area contributed by atoms with Crippen LogP contribution < -0.4 is 0 Å². The monoisotopic (exact) mass is 249 g/mol. The van der Waals surface area contributed by atoms with Crippen LogP contribution in [0.2, 0.25) is 0 Å². The van der Waals surface area contributed by atoms with Crippen LogP contribution in [0.3, 0.4) is 0 Å². The van der Waals surface area contributed by atoms with E-state index in [9.17, 15) is 9.59 Å². The van der Waals surface area contributed by atoms with Crippen molar-refractivity contribution in [2.24, 2.45) is 0 Å². The number of aryl methyl sites for hydroxylation is 2. The van der Waals surface area contributed by atoms with Crippen molar-refractivity contribution in [2.45, 2.75) is 32.7 Å². The first kappa shape index (κ1) is 12.5. The smallest absolute Gasteiger partial charge is 0.326 e. The summed E-state index contributed by atoms with van der Waals surface area (Å²) in [6.45, 7) is 3.95. The molecule has 1 N–H and O–H groups in total.